The molecule has 0 saturated carbocycles. The molecule has 7 nitrogen and oxygen atoms in total. The lowest BCUT2D eigenvalue weighted by Gasteiger charge is -2.09. The summed E-state index contributed by atoms with van der Waals surface area (Å²) >= 11 is 0. The van der Waals surface area contributed by atoms with E-state index in [1.165, 1.54) is 19.4 Å². The van der Waals surface area contributed by atoms with Crippen molar-refractivity contribution in [1.82, 2.24) is 0 Å². The molecule has 4 rings (SSSR count). The largest absolute Gasteiger partial charge is 0.497 e. The van der Waals surface area contributed by atoms with E-state index in [-0.39, 0.29) is 23.1 Å². The average Bonchev–Trinajstić information content (AvgIpc) is 3.38. The smallest absolute Gasteiger partial charge is 0.379 e. The second-order valence-corrected chi connectivity index (χ2v) is 6.08. The minimum Gasteiger partial charge on any atom is -0.497 e. The zero-order valence-electron chi connectivity index (χ0n) is 15.6. The Morgan fingerprint density at radius 3 is 2.59 bits per heavy atom. The Kier molecular flexibility index (Phi) is 4.78. The molecule has 0 spiro atoms. The summed E-state index contributed by atoms with van der Waals surface area (Å²) in [5.74, 6) is 0.977. The minimum atomic E-state index is -0.641. The summed E-state index contributed by atoms with van der Waals surface area (Å²) in [5.41, 5.74) is 1.11. The van der Waals surface area contributed by atoms with E-state index in [9.17, 15) is 9.59 Å². The lowest BCUT2D eigenvalue weighted by atomic mass is 10.1. The maximum atomic E-state index is 12.6. The highest BCUT2D eigenvalue weighted by Gasteiger charge is 2.27. The fraction of sp³-hybridized carbons (Fsp3) is 0.0909. The molecular weight excluding hydrogens is 376 g/mol. The zero-order valence-corrected chi connectivity index (χ0v) is 15.6. The molecule has 0 saturated heterocycles. The molecule has 1 aliphatic heterocycles. The number of rotatable bonds is 5. The second-order valence-electron chi connectivity index (χ2n) is 6.08. The highest BCUT2D eigenvalue weighted by atomic mass is 16.6. The van der Waals surface area contributed by atoms with Crippen LogP contribution in [0.25, 0.3) is 6.08 Å². The number of benzene rings is 2. The highest BCUT2D eigenvalue weighted by molar-refractivity contribution is 6.14. The van der Waals surface area contributed by atoms with Gasteiger partial charge in [0.25, 0.3) is 0 Å². The number of hydrogen-bond acceptors (Lipinski definition) is 7. The third kappa shape index (κ3) is 3.58. The Balaban J connectivity index is 1.58. The number of allylic oxidation sites excluding steroid dienone is 1. The van der Waals surface area contributed by atoms with E-state index >= 15 is 0 Å². The summed E-state index contributed by atoms with van der Waals surface area (Å²) in [4.78, 5) is 24.6. The fourth-order valence-electron chi connectivity index (χ4n) is 2.85. The van der Waals surface area contributed by atoms with Gasteiger partial charge in [0, 0.05) is 6.07 Å². The average molecular weight is 392 g/mol. The van der Waals surface area contributed by atoms with Gasteiger partial charge in [-0.25, -0.2) is 4.79 Å². The number of esters is 1. The van der Waals surface area contributed by atoms with Crippen molar-refractivity contribution in [3.05, 3.63) is 77.4 Å². The molecule has 0 N–H and O–H groups in total. The van der Waals surface area contributed by atoms with Crippen molar-refractivity contribution >= 4 is 17.8 Å². The Bertz CT molecular complexity index is 1110. The summed E-state index contributed by atoms with van der Waals surface area (Å²) in [7, 11) is 3.00. The predicted octanol–water partition coefficient (Wildman–Crippen LogP) is 4.13. The quantitative estimate of drug-likeness (QED) is 0.367. The van der Waals surface area contributed by atoms with E-state index in [0.29, 0.717) is 28.4 Å². The van der Waals surface area contributed by atoms with Gasteiger partial charge in [-0.05, 0) is 48.0 Å². The molecule has 2 aromatic carbocycles. The Morgan fingerprint density at radius 2 is 1.86 bits per heavy atom. The third-order valence-electron chi connectivity index (χ3n) is 4.29. The van der Waals surface area contributed by atoms with Crippen LogP contribution in [0.4, 0.5) is 0 Å². The zero-order chi connectivity index (χ0) is 20.4. The van der Waals surface area contributed by atoms with Crippen LogP contribution in [0, 0.1) is 0 Å². The summed E-state index contributed by atoms with van der Waals surface area (Å²) < 4.78 is 26.5. The van der Waals surface area contributed by atoms with Gasteiger partial charge < -0.3 is 23.4 Å². The molecular formula is C22H16O7. The molecule has 0 bridgehead atoms. The van der Waals surface area contributed by atoms with Crippen LogP contribution in [-0.4, -0.2) is 26.0 Å². The highest BCUT2D eigenvalue weighted by Crippen LogP contribution is 2.36. The van der Waals surface area contributed by atoms with E-state index in [1.54, 1.807) is 55.7 Å². The van der Waals surface area contributed by atoms with E-state index in [4.69, 9.17) is 23.4 Å². The number of furan rings is 1. The SMILES string of the molecule is COc1ccc2c(c1)OC(=Cc1ccc(OC(=O)c3ccco3)c(OC)c1)C2=O. The number of methoxy groups -OCH3 is 2. The number of fused-ring (bicyclic) bond motifs is 1. The number of Topliss-reactive ketones (excluding diaryl/α,β-unsaturated/α-hetero) is 1. The van der Waals surface area contributed by atoms with E-state index in [2.05, 4.69) is 0 Å². The van der Waals surface area contributed by atoms with Crippen molar-refractivity contribution in [2.24, 2.45) is 0 Å². The van der Waals surface area contributed by atoms with Crippen LogP contribution in [0.1, 0.15) is 26.5 Å². The van der Waals surface area contributed by atoms with Gasteiger partial charge in [0.2, 0.25) is 11.5 Å². The Labute approximate surface area is 166 Å². The Morgan fingerprint density at radius 1 is 1.00 bits per heavy atom. The molecule has 1 aromatic heterocycles. The molecule has 0 atom stereocenters. The summed E-state index contributed by atoms with van der Waals surface area (Å²) in [6.45, 7) is 0. The van der Waals surface area contributed by atoms with Crippen LogP contribution >= 0.6 is 0 Å². The number of ketones is 1. The van der Waals surface area contributed by atoms with Crippen molar-refractivity contribution in [3.63, 3.8) is 0 Å². The monoisotopic (exact) mass is 392 g/mol. The fourth-order valence-corrected chi connectivity index (χ4v) is 2.85. The lowest BCUT2D eigenvalue weighted by Crippen LogP contribution is -2.08. The van der Waals surface area contributed by atoms with Crippen LogP contribution in [0.3, 0.4) is 0 Å². The first-order chi connectivity index (χ1) is 14.1. The maximum absolute atomic E-state index is 12.6. The summed E-state index contributed by atoms with van der Waals surface area (Å²) in [5, 5.41) is 0. The number of ether oxygens (including phenoxy) is 4. The molecule has 0 radical (unpaired) electrons. The lowest BCUT2D eigenvalue weighted by molar-refractivity contribution is 0.0696. The van der Waals surface area contributed by atoms with Crippen molar-refractivity contribution in [1.29, 1.82) is 0 Å². The first-order valence-electron chi connectivity index (χ1n) is 8.65. The molecule has 3 aromatic rings. The van der Waals surface area contributed by atoms with Gasteiger partial charge in [0.15, 0.2) is 17.3 Å². The molecule has 2 heterocycles. The van der Waals surface area contributed by atoms with Crippen LogP contribution in [0.2, 0.25) is 0 Å². The van der Waals surface area contributed by atoms with E-state index in [1.807, 2.05) is 0 Å². The molecule has 29 heavy (non-hydrogen) atoms. The number of carbonyl (C=O) groups is 2. The van der Waals surface area contributed by atoms with E-state index in [0.717, 1.165) is 0 Å². The van der Waals surface area contributed by atoms with Gasteiger partial charge in [-0.1, -0.05) is 6.07 Å². The van der Waals surface area contributed by atoms with Gasteiger partial charge >= 0.3 is 5.97 Å². The molecule has 0 unspecified atom stereocenters. The first kappa shape index (κ1) is 18.4. The van der Waals surface area contributed by atoms with Crippen molar-refractivity contribution < 1.29 is 33.0 Å². The summed E-state index contributed by atoms with van der Waals surface area (Å²) in [6, 6.07) is 13.0. The molecule has 1 aliphatic rings. The molecule has 0 aliphatic carbocycles. The van der Waals surface area contributed by atoms with Crippen molar-refractivity contribution in [2.45, 2.75) is 0 Å². The van der Waals surface area contributed by atoms with Gasteiger partial charge in [0.1, 0.15) is 11.5 Å². The second kappa shape index (κ2) is 7.55. The number of hydrogen-bond donors (Lipinski definition) is 0. The van der Waals surface area contributed by atoms with Gasteiger partial charge in [-0.15, -0.1) is 0 Å². The standard InChI is InChI=1S/C22H16O7/c1-25-14-6-7-15-18(12-14)28-20(21(15)23)11-13-5-8-16(19(10-13)26-2)29-22(24)17-4-3-9-27-17/h3-12H,1-2H3. The van der Waals surface area contributed by atoms with Crippen molar-refractivity contribution in [2.75, 3.05) is 14.2 Å². The van der Waals surface area contributed by atoms with Crippen LogP contribution in [0.5, 0.6) is 23.0 Å². The van der Waals surface area contributed by atoms with Crippen LogP contribution < -0.4 is 18.9 Å². The predicted molar refractivity (Wildman–Crippen MR) is 103 cm³/mol. The Hall–Kier alpha value is -4.00. The molecule has 146 valence electrons. The number of carbonyl (C=O) groups excluding carboxylic acids is 2. The van der Waals surface area contributed by atoms with E-state index < -0.39 is 5.97 Å². The van der Waals surface area contributed by atoms with Gasteiger partial charge in [-0.3, -0.25) is 4.79 Å². The van der Waals surface area contributed by atoms with Crippen LogP contribution in [-0.2, 0) is 0 Å². The third-order valence-corrected chi connectivity index (χ3v) is 4.29. The van der Waals surface area contributed by atoms with Gasteiger partial charge in [-0.2, -0.15) is 0 Å². The normalized spacial score (nSPS) is 13.7. The van der Waals surface area contributed by atoms with Crippen molar-refractivity contribution in [3.8, 4) is 23.0 Å². The summed E-state index contributed by atoms with van der Waals surface area (Å²) in [6.07, 6.45) is 2.98. The first-order valence-corrected chi connectivity index (χ1v) is 8.65. The minimum absolute atomic E-state index is 0.0800. The molecule has 0 fully saturated rings. The van der Waals surface area contributed by atoms with Gasteiger partial charge in [0.05, 0.1) is 26.0 Å². The maximum Gasteiger partial charge on any atom is 0.379 e. The van der Waals surface area contributed by atoms with Crippen LogP contribution in [0.15, 0.2) is 65.0 Å². The molecule has 7 heteroatoms. The topological polar surface area (TPSA) is 84.2 Å². The molecule has 0 amide bonds.